The Morgan fingerprint density at radius 3 is 2.22 bits per heavy atom. The van der Waals surface area contributed by atoms with Gasteiger partial charge in [0.25, 0.3) is 11.8 Å². The summed E-state index contributed by atoms with van der Waals surface area (Å²) in [5.41, 5.74) is -0.338. The Balaban J connectivity index is 0.00000261. The van der Waals surface area contributed by atoms with Gasteiger partial charge in [-0.2, -0.15) is 0 Å². The SMILES string of the molecule is CC(C)(C)[C@H](NC(=O)C1(F)CC1)C(=O)N1C[C@H]2[C@@H]([C@H]1C(=O)NN)C2(C)C.Cl. The molecule has 3 fully saturated rings. The van der Waals surface area contributed by atoms with Crippen LogP contribution < -0.4 is 16.6 Å². The lowest BCUT2D eigenvalue weighted by Crippen LogP contribution is -2.60. The maximum Gasteiger partial charge on any atom is 0.258 e. The zero-order valence-corrected chi connectivity index (χ0v) is 17.3. The molecule has 27 heavy (non-hydrogen) atoms. The van der Waals surface area contributed by atoms with E-state index >= 15 is 0 Å². The van der Waals surface area contributed by atoms with E-state index in [2.05, 4.69) is 24.6 Å². The fourth-order valence-electron chi connectivity index (χ4n) is 4.31. The van der Waals surface area contributed by atoms with Crippen molar-refractivity contribution in [1.29, 1.82) is 0 Å². The van der Waals surface area contributed by atoms with Gasteiger partial charge in [-0.3, -0.25) is 19.8 Å². The molecule has 0 bridgehead atoms. The summed E-state index contributed by atoms with van der Waals surface area (Å²) in [5, 5.41) is 2.60. The summed E-state index contributed by atoms with van der Waals surface area (Å²) in [5.74, 6) is 4.10. The number of carbonyl (C=O) groups is 3. The highest BCUT2D eigenvalue weighted by Crippen LogP contribution is 2.65. The highest BCUT2D eigenvalue weighted by atomic mass is 35.5. The molecule has 0 aromatic carbocycles. The highest BCUT2D eigenvalue weighted by Gasteiger charge is 2.69. The van der Waals surface area contributed by atoms with Crippen LogP contribution in [0.1, 0.15) is 47.5 Å². The van der Waals surface area contributed by atoms with Crippen molar-refractivity contribution < 1.29 is 18.8 Å². The maximum atomic E-state index is 14.1. The molecule has 9 heteroatoms. The molecule has 3 rings (SSSR count). The Hall–Kier alpha value is -1.41. The lowest BCUT2D eigenvalue weighted by molar-refractivity contribution is -0.146. The quantitative estimate of drug-likeness (QED) is 0.368. The summed E-state index contributed by atoms with van der Waals surface area (Å²) in [6.45, 7) is 10.0. The van der Waals surface area contributed by atoms with Crippen molar-refractivity contribution >= 4 is 30.1 Å². The molecule has 1 aliphatic heterocycles. The van der Waals surface area contributed by atoms with Gasteiger partial charge in [0, 0.05) is 6.54 Å². The molecule has 154 valence electrons. The number of rotatable bonds is 4. The van der Waals surface area contributed by atoms with Crippen LogP contribution in [0.2, 0.25) is 0 Å². The fourth-order valence-corrected chi connectivity index (χ4v) is 4.31. The fraction of sp³-hybridized carbons (Fsp3) is 0.833. The maximum absolute atomic E-state index is 14.1. The van der Waals surface area contributed by atoms with Crippen molar-refractivity contribution in [3.8, 4) is 0 Å². The van der Waals surface area contributed by atoms with Gasteiger partial charge in [0.2, 0.25) is 5.91 Å². The first kappa shape index (κ1) is 21.9. The van der Waals surface area contributed by atoms with Crippen LogP contribution in [-0.2, 0) is 14.4 Å². The Bertz CT molecular complexity index is 659. The number of likely N-dealkylation sites (tertiary alicyclic amines) is 1. The number of hydrogen-bond donors (Lipinski definition) is 3. The van der Waals surface area contributed by atoms with Crippen LogP contribution in [0.3, 0.4) is 0 Å². The average Bonchev–Trinajstić information content (AvgIpc) is 3.32. The summed E-state index contributed by atoms with van der Waals surface area (Å²) < 4.78 is 14.1. The summed E-state index contributed by atoms with van der Waals surface area (Å²) in [7, 11) is 0. The van der Waals surface area contributed by atoms with Crippen molar-refractivity contribution in [1.82, 2.24) is 15.6 Å². The highest BCUT2D eigenvalue weighted by molar-refractivity contribution is 5.96. The van der Waals surface area contributed by atoms with Crippen LogP contribution in [0.15, 0.2) is 0 Å². The number of nitrogens with one attached hydrogen (secondary N) is 2. The molecule has 2 saturated carbocycles. The normalized spacial score (nSPS) is 30.5. The molecule has 0 aromatic heterocycles. The predicted molar refractivity (Wildman–Crippen MR) is 100 cm³/mol. The molecule has 0 spiro atoms. The number of halogens is 2. The lowest BCUT2D eigenvalue weighted by Gasteiger charge is -2.37. The second-order valence-corrected chi connectivity index (χ2v) is 9.64. The number of piperidine rings is 1. The topological polar surface area (TPSA) is 105 Å². The zero-order chi connectivity index (χ0) is 19.7. The third-order valence-electron chi connectivity index (χ3n) is 6.39. The van der Waals surface area contributed by atoms with Gasteiger partial charge < -0.3 is 10.2 Å². The summed E-state index contributed by atoms with van der Waals surface area (Å²) in [4.78, 5) is 39.3. The van der Waals surface area contributed by atoms with Crippen LogP contribution in [0.25, 0.3) is 0 Å². The Labute approximate surface area is 165 Å². The van der Waals surface area contributed by atoms with Gasteiger partial charge >= 0.3 is 0 Å². The smallest absolute Gasteiger partial charge is 0.258 e. The van der Waals surface area contributed by atoms with E-state index in [-0.39, 0.29) is 48.4 Å². The Morgan fingerprint density at radius 1 is 1.22 bits per heavy atom. The molecule has 2 aliphatic carbocycles. The van der Waals surface area contributed by atoms with Crippen LogP contribution in [0, 0.1) is 22.7 Å². The Kier molecular flexibility index (Phi) is 5.34. The third kappa shape index (κ3) is 3.53. The Morgan fingerprint density at radius 2 is 1.78 bits per heavy atom. The largest absolute Gasteiger partial charge is 0.341 e. The minimum atomic E-state index is -1.85. The van der Waals surface area contributed by atoms with Crippen molar-refractivity contribution in [2.45, 2.75) is 65.2 Å². The number of hydrogen-bond acceptors (Lipinski definition) is 4. The van der Waals surface area contributed by atoms with Crippen LogP contribution in [0.5, 0.6) is 0 Å². The number of carbonyl (C=O) groups excluding carboxylic acids is 3. The number of amides is 3. The van der Waals surface area contributed by atoms with Gasteiger partial charge in [-0.25, -0.2) is 10.2 Å². The van der Waals surface area contributed by atoms with Crippen molar-refractivity contribution in [3.05, 3.63) is 0 Å². The van der Waals surface area contributed by atoms with Crippen LogP contribution >= 0.6 is 12.4 Å². The van der Waals surface area contributed by atoms with E-state index in [1.807, 2.05) is 20.8 Å². The zero-order valence-electron chi connectivity index (χ0n) is 16.5. The number of alkyl halides is 1. The molecular formula is C18H30ClFN4O3. The van der Waals surface area contributed by atoms with E-state index in [1.54, 1.807) is 0 Å². The van der Waals surface area contributed by atoms with E-state index in [9.17, 15) is 18.8 Å². The molecular weight excluding hydrogens is 375 g/mol. The van der Waals surface area contributed by atoms with E-state index in [1.165, 1.54) is 4.90 Å². The lowest BCUT2D eigenvalue weighted by atomic mass is 9.85. The molecule has 4 atom stereocenters. The first-order valence-corrected chi connectivity index (χ1v) is 9.15. The molecule has 3 amide bonds. The predicted octanol–water partition coefficient (Wildman–Crippen LogP) is 0.914. The van der Waals surface area contributed by atoms with Gasteiger partial charge in [-0.1, -0.05) is 34.6 Å². The second-order valence-electron chi connectivity index (χ2n) is 9.64. The minimum Gasteiger partial charge on any atom is -0.341 e. The van der Waals surface area contributed by atoms with Crippen molar-refractivity contribution in [3.63, 3.8) is 0 Å². The van der Waals surface area contributed by atoms with Crippen LogP contribution in [-0.4, -0.2) is 46.9 Å². The van der Waals surface area contributed by atoms with Crippen molar-refractivity contribution in [2.75, 3.05) is 6.54 Å². The number of hydrazine groups is 1. The molecule has 1 heterocycles. The summed E-state index contributed by atoms with van der Waals surface area (Å²) in [6, 6.07) is -1.56. The van der Waals surface area contributed by atoms with Gasteiger partial charge in [0.1, 0.15) is 12.1 Å². The van der Waals surface area contributed by atoms with Gasteiger partial charge in [-0.05, 0) is 35.5 Å². The van der Waals surface area contributed by atoms with E-state index in [4.69, 9.17) is 5.84 Å². The number of nitrogens with zero attached hydrogens (tertiary/aromatic N) is 1. The monoisotopic (exact) mass is 404 g/mol. The molecule has 0 radical (unpaired) electrons. The third-order valence-corrected chi connectivity index (χ3v) is 6.39. The summed E-state index contributed by atoms with van der Waals surface area (Å²) >= 11 is 0. The van der Waals surface area contributed by atoms with E-state index in [0.717, 1.165) is 0 Å². The molecule has 0 aromatic rings. The van der Waals surface area contributed by atoms with Gasteiger partial charge in [-0.15, -0.1) is 12.4 Å². The van der Waals surface area contributed by atoms with Crippen LogP contribution in [0.4, 0.5) is 4.39 Å². The molecule has 3 aliphatic rings. The molecule has 0 unspecified atom stereocenters. The minimum absolute atomic E-state index is 0. The standard InChI is InChI=1S/C18H29FN4O3.ClH/c1-16(2,3)12(21-15(26)18(19)6-7-18)14(25)23-8-9-10(17(9,4)5)11(23)13(24)22-20;/h9-12H,6-8,20H2,1-5H3,(H,21,26)(H,22,24);1H/t9-,10-,11-,12+;/m0./s1. The second kappa shape index (κ2) is 6.58. The number of nitrogens with two attached hydrogens (primary N) is 1. The molecule has 4 N–H and O–H groups in total. The van der Waals surface area contributed by atoms with Gasteiger partial charge in [0.15, 0.2) is 5.67 Å². The van der Waals surface area contributed by atoms with Crippen molar-refractivity contribution in [2.24, 2.45) is 28.5 Å². The van der Waals surface area contributed by atoms with Gasteiger partial charge in [0.05, 0.1) is 0 Å². The van der Waals surface area contributed by atoms with E-state index < -0.39 is 35.0 Å². The summed E-state index contributed by atoms with van der Waals surface area (Å²) in [6.07, 6.45) is 0.369. The molecule has 1 saturated heterocycles. The molecule has 7 nitrogen and oxygen atoms in total. The van der Waals surface area contributed by atoms with E-state index in [0.29, 0.717) is 6.54 Å². The first-order valence-electron chi connectivity index (χ1n) is 9.15. The average molecular weight is 405 g/mol. The first-order chi connectivity index (χ1) is 11.8. The number of fused-ring (bicyclic) bond motifs is 1.